The van der Waals surface area contributed by atoms with Gasteiger partial charge in [-0.2, -0.15) is 0 Å². The Labute approximate surface area is 140 Å². The molecule has 0 spiro atoms. The summed E-state index contributed by atoms with van der Waals surface area (Å²) in [5.74, 6) is 0.897. The number of rotatable bonds is 1. The van der Waals surface area contributed by atoms with E-state index in [2.05, 4.69) is 72.8 Å². The Morgan fingerprint density at radius 2 is 0.875 bits per heavy atom. The Kier molecular flexibility index (Phi) is 2.77. The number of ether oxygens (including phenoxy) is 1. The normalized spacial score (nSPS) is 11.5. The van der Waals surface area contributed by atoms with Gasteiger partial charge in [0.05, 0.1) is 7.11 Å². The molecule has 1 heteroatoms. The number of methoxy groups -OCH3 is 1. The van der Waals surface area contributed by atoms with Crippen molar-refractivity contribution in [1.82, 2.24) is 0 Å². The van der Waals surface area contributed by atoms with Crippen LogP contribution in [-0.2, 0) is 0 Å². The first-order valence-electron chi connectivity index (χ1n) is 8.14. The van der Waals surface area contributed by atoms with Crippen molar-refractivity contribution in [2.24, 2.45) is 0 Å². The summed E-state index contributed by atoms with van der Waals surface area (Å²) >= 11 is 0. The molecule has 0 radical (unpaired) electrons. The highest BCUT2D eigenvalue weighted by atomic mass is 16.5. The van der Waals surface area contributed by atoms with Crippen LogP contribution in [0.1, 0.15) is 0 Å². The van der Waals surface area contributed by atoms with Gasteiger partial charge in [-0.3, -0.25) is 0 Å². The first-order valence-corrected chi connectivity index (χ1v) is 8.14. The molecule has 0 aliphatic rings. The average molecular weight is 308 g/mol. The Bertz CT molecular complexity index is 1230. The van der Waals surface area contributed by atoms with Crippen molar-refractivity contribution in [3.8, 4) is 5.75 Å². The molecule has 0 fully saturated rings. The highest BCUT2D eigenvalue weighted by molar-refractivity contribution is 6.08. The number of hydrogen-bond acceptors (Lipinski definition) is 1. The Morgan fingerprint density at radius 3 is 1.38 bits per heavy atom. The smallest absolute Gasteiger partial charge is 0.119 e. The predicted octanol–water partition coefficient (Wildman–Crippen LogP) is 6.31. The maximum Gasteiger partial charge on any atom is 0.119 e. The van der Waals surface area contributed by atoms with Crippen molar-refractivity contribution in [2.75, 3.05) is 7.11 Å². The highest BCUT2D eigenvalue weighted by Gasteiger charge is 2.04. The van der Waals surface area contributed by atoms with E-state index in [4.69, 9.17) is 4.74 Å². The lowest BCUT2D eigenvalue weighted by molar-refractivity contribution is 0.415. The lowest BCUT2D eigenvalue weighted by Crippen LogP contribution is -1.83. The van der Waals surface area contributed by atoms with Crippen molar-refractivity contribution in [3.63, 3.8) is 0 Å². The largest absolute Gasteiger partial charge is 0.497 e. The van der Waals surface area contributed by atoms with E-state index in [-0.39, 0.29) is 0 Å². The van der Waals surface area contributed by atoms with Crippen molar-refractivity contribution in [1.29, 1.82) is 0 Å². The van der Waals surface area contributed by atoms with Crippen molar-refractivity contribution < 1.29 is 4.74 Å². The molecule has 0 saturated heterocycles. The average Bonchev–Trinajstić information content (AvgIpc) is 2.62. The molecular weight excluding hydrogens is 292 g/mol. The number of benzene rings is 5. The summed E-state index contributed by atoms with van der Waals surface area (Å²) < 4.78 is 5.35. The van der Waals surface area contributed by atoms with Crippen molar-refractivity contribution in [2.45, 2.75) is 0 Å². The summed E-state index contributed by atoms with van der Waals surface area (Å²) in [6.07, 6.45) is 0. The molecular formula is C23H16O. The van der Waals surface area contributed by atoms with Crippen LogP contribution in [0.4, 0.5) is 0 Å². The fourth-order valence-corrected chi connectivity index (χ4v) is 3.55. The second-order valence-electron chi connectivity index (χ2n) is 6.31. The van der Waals surface area contributed by atoms with Crippen LogP contribution >= 0.6 is 0 Å². The first kappa shape index (κ1) is 13.4. The molecule has 0 aliphatic carbocycles. The standard InChI is InChI=1S/C23H16O/c1-24-23-7-6-17-10-20-11-18-8-15-4-2-3-5-16(15)9-19(18)12-21(20)13-22(17)14-23/h2-14H,1H3. The zero-order valence-corrected chi connectivity index (χ0v) is 13.4. The molecule has 1 nitrogen and oxygen atoms in total. The van der Waals surface area contributed by atoms with Gasteiger partial charge in [-0.05, 0) is 91.6 Å². The summed E-state index contributed by atoms with van der Waals surface area (Å²) in [4.78, 5) is 0. The summed E-state index contributed by atoms with van der Waals surface area (Å²) in [6.45, 7) is 0. The topological polar surface area (TPSA) is 9.23 Å². The molecule has 114 valence electrons. The Hall–Kier alpha value is -3.06. The second-order valence-corrected chi connectivity index (χ2v) is 6.31. The molecule has 0 heterocycles. The van der Waals surface area contributed by atoms with Gasteiger partial charge in [-0.25, -0.2) is 0 Å². The second kappa shape index (κ2) is 4.97. The van der Waals surface area contributed by atoms with Crippen LogP contribution in [0, 0.1) is 0 Å². The van der Waals surface area contributed by atoms with Crippen LogP contribution in [-0.4, -0.2) is 7.11 Å². The molecule has 0 atom stereocenters. The van der Waals surface area contributed by atoms with Gasteiger partial charge >= 0.3 is 0 Å². The molecule has 5 rings (SSSR count). The van der Waals surface area contributed by atoms with E-state index in [1.165, 1.54) is 43.1 Å². The fraction of sp³-hybridized carbons (Fsp3) is 0.0435. The van der Waals surface area contributed by atoms with Crippen LogP contribution < -0.4 is 4.74 Å². The minimum Gasteiger partial charge on any atom is -0.497 e. The third-order valence-corrected chi connectivity index (χ3v) is 4.82. The molecule has 0 amide bonds. The van der Waals surface area contributed by atoms with Gasteiger partial charge in [0, 0.05) is 0 Å². The predicted molar refractivity (Wildman–Crippen MR) is 103 cm³/mol. The molecule has 0 bridgehead atoms. The van der Waals surface area contributed by atoms with E-state index in [1.807, 2.05) is 6.07 Å². The van der Waals surface area contributed by atoms with Crippen LogP contribution in [0.5, 0.6) is 5.75 Å². The first-order chi connectivity index (χ1) is 11.8. The van der Waals surface area contributed by atoms with Gasteiger partial charge in [-0.1, -0.05) is 30.3 Å². The van der Waals surface area contributed by atoms with Gasteiger partial charge in [0.2, 0.25) is 0 Å². The summed E-state index contributed by atoms with van der Waals surface area (Å²) in [5, 5.41) is 10.1. The highest BCUT2D eigenvalue weighted by Crippen LogP contribution is 2.31. The number of fused-ring (bicyclic) bond motifs is 4. The zero-order chi connectivity index (χ0) is 16.1. The number of hydrogen-bond donors (Lipinski definition) is 0. The quantitative estimate of drug-likeness (QED) is 0.330. The Morgan fingerprint density at radius 1 is 0.458 bits per heavy atom. The maximum absolute atomic E-state index is 5.35. The van der Waals surface area contributed by atoms with E-state index >= 15 is 0 Å². The lowest BCUT2D eigenvalue weighted by Gasteiger charge is -2.08. The summed E-state index contributed by atoms with van der Waals surface area (Å²) in [6, 6.07) is 28.4. The zero-order valence-electron chi connectivity index (χ0n) is 13.4. The molecule has 0 N–H and O–H groups in total. The van der Waals surface area contributed by atoms with Gasteiger partial charge in [0.15, 0.2) is 0 Å². The summed E-state index contributed by atoms with van der Waals surface area (Å²) in [5.41, 5.74) is 0. The molecule has 0 unspecified atom stereocenters. The minimum absolute atomic E-state index is 0.897. The summed E-state index contributed by atoms with van der Waals surface area (Å²) in [7, 11) is 1.71. The molecule has 0 aromatic heterocycles. The third kappa shape index (κ3) is 2.02. The van der Waals surface area contributed by atoms with E-state index in [9.17, 15) is 0 Å². The third-order valence-electron chi connectivity index (χ3n) is 4.82. The van der Waals surface area contributed by atoms with Gasteiger partial charge < -0.3 is 4.74 Å². The van der Waals surface area contributed by atoms with Crippen LogP contribution in [0.2, 0.25) is 0 Å². The van der Waals surface area contributed by atoms with E-state index in [1.54, 1.807) is 7.11 Å². The van der Waals surface area contributed by atoms with Crippen LogP contribution in [0.3, 0.4) is 0 Å². The van der Waals surface area contributed by atoms with E-state index in [0.717, 1.165) is 5.75 Å². The van der Waals surface area contributed by atoms with Crippen LogP contribution in [0.15, 0.2) is 78.9 Å². The van der Waals surface area contributed by atoms with Gasteiger partial charge in [0.1, 0.15) is 5.75 Å². The molecule has 24 heavy (non-hydrogen) atoms. The lowest BCUT2D eigenvalue weighted by atomic mass is 9.97. The minimum atomic E-state index is 0.897. The maximum atomic E-state index is 5.35. The SMILES string of the molecule is COc1ccc2cc3cc4cc5ccccc5cc4cc3cc2c1. The van der Waals surface area contributed by atoms with Crippen LogP contribution in [0.25, 0.3) is 43.1 Å². The monoisotopic (exact) mass is 308 g/mol. The molecule has 0 saturated carbocycles. The van der Waals surface area contributed by atoms with Gasteiger partial charge in [0.25, 0.3) is 0 Å². The molecule has 5 aromatic carbocycles. The Balaban J connectivity index is 1.86. The van der Waals surface area contributed by atoms with E-state index in [0.29, 0.717) is 0 Å². The van der Waals surface area contributed by atoms with E-state index < -0.39 is 0 Å². The molecule has 5 aromatic rings. The molecule has 0 aliphatic heterocycles. The van der Waals surface area contributed by atoms with Gasteiger partial charge in [-0.15, -0.1) is 0 Å². The van der Waals surface area contributed by atoms with Crippen molar-refractivity contribution >= 4 is 43.1 Å². The fourth-order valence-electron chi connectivity index (χ4n) is 3.55. The van der Waals surface area contributed by atoms with Crippen molar-refractivity contribution in [3.05, 3.63) is 78.9 Å².